The van der Waals surface area contributed by atoms with E-state index in [0.29, 0.717) is 24.3 Å². The lowest BCUT2D eigenvalue weighted by molar-refractivity contribution is 0.371. The van der Waals surface area contributed by atoms with E-state index in [1.807, 2.05) is 0 Å². The average molecular weight is 260 g/mol. The Kier molecular flexibility index (Phi) is 4.44. The third-order valence-corrected chi connectivity index (χ3v) is 5.75. The first-order valence-corrected chi connectivity index (χ1v) is 8.44. The van der Waals surface area contributed by atoms with E-state index >= 15 is 0 Å². The molecule has 2 rings (SSSR count). The first-order valence-electron chi connectivity index (χ1n) is 6.83. The second-order valence-electron chi connectivity index (χ2n) is 5.31. The molecule has 1 N–H and O–H groups in total. The lowest BCUT2D eigenvalue weighted by Crippen LogP contribution is -2.39. The van der Waals surface area contributed by atoms with Gasteiger partial charge in [-0.15, -0.1) is 0 Å². The molecule has 17 heavy (non-hydrogen) atoms. The maximum atomic E-state index is 12.4. The van der Waals surface area contributed by atoms with E-state index in [2.05, 4.69) is 12.2 Å². The summed E-state index contributed by atoms with van der Waals surface area (Å²) < 4.78 is 26.5. The number of sulfonamides is 1. The van der Waals surface area contributed by atoms with Crippen LogP contribution >= 0.6 is 0 Å². The number of hydrogen-bond acceptors (Lipinski definition) is 3. The minimum Gasteiger partial charge on any atom is -0.317 e. The fraction of sp³-hybridized carbons (Fsp3) is 1.00. The summed E-state index contributed by atoms with van der Waals surface area (Å²) >= 11 is 0. The Morgan fingerprint density at radius 3 is 2.35 bits per heavy atom. The van der Waals surface area contributed by atoms with Crippen LogP contribution < -0.4 is 5.32 Å². The van der Waals surface area contributed by atoms with Crippen molar-refractivity contribution in [3.8, 4) is 0 Å². The van der Waals surface area contributed by atoms with Gasteiger partial charge in [0.05, 0.1) is 5.75 Å². The van der Waals surface area contributed by atoms with Crippen molar-refractivity contribution in [2.75, 3.05) is 25.4 Å². The maximum Gasteiger partial charge on any atom is 0.214 e. The molecule has 0 spiro atoms. The van der Waals surface area contributed by atoms with E-state index in [1.54, 1.807) is 4.31 Å². The van der Waals surface area contributed by atoms with E-state index < -0.39 is 10.0 Å². The quantitative estimate of drug-likeness (QED) is 0.780. The van der Waals surface area contributed by atoms with Crippen molar-refractivity contribution in [3.63, 3.8) is 0 Å². The minimum absolute atomic E-state index is 0.321. The van der Waals surface area contributed by atoms with Crippen LogP contribution in [-0.2, 0) is 10.0 Å². The summed E-state index contributed by atoms with van der Waals surface area (Å²) in [5.74, 6) is 0.727. The summed E-state index contributed by atoms with van der Waals surface area (Å²) in [6.07, 6.45) is 5.05. The Balaban J connectivity index is 1.95. The van der Waals surface area contributed by atoms with E-state index in [4.69, 9.17) is 0 Å². The molecule has 0 aromatic rings. The van der Waals surface area contributed by atoms with Gasteiger partial charge in [0.15, 0.2) is 0 Å². The van der Waals surface area contributed by atoms with Crippen molar-refractivity contribution in [2.24, 2.45) is 5.92 Å². The maximum absolute atomic E-state index is 12.4. The standard InChI is InChI=1S/C12H24N2O2S/c1-2-9-14(12-3-4-12)17(15,16)10-11-5-7-13-8-6-11/h11-13H,2-10H2,1H3. The molecule has 0 aromatic carbocycles. The van der Waals surface area contributed by atoms with Gasteiger partial charge in [0.25, 0.3) is 0 Å². The molecule has 1 aliphatic heterocycles. The van der Waals surface area contributed by atoms with Gasteiger partial charge < -0.3 is 5.32 Å². The third kappa shape index (κ3) is 3.66. The lowest BCUT2D eigenvalue weighted by atomic mass is 10.0. The highest BCUT2D eigenvalue weighted by Crippen LogP contribution is 2.30. The number of nitrogens with zero attached hydrogens (tertiary/aromatic N) is 1. The molecule has 5 heteroatoms. The molecule has 0 bridgehead atoms. The normalized spacial score (nSPS) is 23.2. The molecule has 0 radical (unpaired) electrons. The van der Waals surface area contributed by atoms with Gasteiger partial charge in [-0.1, -0.05) is 6.92 Å². The molecule has 2 aliphatic rings. The Morgan fingerprint density at radius 1 is 1.18 bits per heavy atom. The van der Waals surface area contributed by atoms with Crippen molar-refractivity contribution >= 4 is 10.0 Å². The molecule has 0 aromatic heterocycles. The second kappa shape index (κ2) is 5.67. The van der Waals surface area contributed by atoms with Crippen molar-refractivity contribution in [2.45, 2.75) is 45.1 Å². The van der Waals surface area contributed by atoms with Gasteiger partial charge in [-0.05, 0) is 51.1 Å². The molecule has 0 atom stereocenters. The number of hydrogen-bond donors (Lipinski definition) is 1. The lowest BCUT2D eigenvalue weighted by Gasteiger charge is -2.27. The molecule has 2 fully saturated rings. The van der Waals surface area contributed by atoms with Gasteiger partial charge in [-0.3, -0.25) is 0 Å². The number of nitrogens with one attached hydrogen (secondary N) is 1. The smallest absolute Gasteiger partial charge is 0.214 e. The average Bonchev–Trinajstić information content (AvgIpc) is 3.10. The van der Waals surface area contributed by atoms with Crippen molar-refractivity contribution < 1.29 is 8.42 Å². The number of piperidine rings is 1. The van der Waals surface area contributed by atoms with E-state index in [-0.39, 0.29) is 0 Å². The highest BCUT2D eigenvalue weighted by molar-refractivity contribution is 7.89. The van der Waals surface area contributed by atoms with Gasteiger partial charge in [-0.25, -0.2) is 8.42 Å². The van der Waals surface area contributed by atoms with Crippen molar-refractivity contribution in [3.05, 3.63) is 0 Å². The van der Waals surface area contributed by atoms with Gasteiger partial charge >= 0.3 is 0 Å². The summed E-state index contributed by atoms with van der Waals surface area (Å²) in [6.45, 7) is 4.70. The molecule has 1 saturated carbocycles. The molecular weight excluding hydrogens is 236 g/mol. The largest absolute Gasteiger partial charge is 0.317 e. The van der Waals surface area contributed by atoms with Gasteiger partial charge in [-0.2, -0.15) is 4.31 Å². The molecule has 1 saturated heterocycles. The van der Waals surface area contributed by atoms with Crippen molar-refractivity contribution in [1.29, 1.82) is 0 Å². The van der Waals surface area contributed by atoms with Crippen LogP contribution in [-0.4, -0.2) is 44.2 Å². The number of rotatable bonds is 6. The second-order valence-corrected chi connectivity index (χ2v) is 7.28. The SMILES string of the molecule is CCCN(C1CC1)S(=O)(=O)CC1CCNCC1. The molecule has 0 amide bonds. The Hall–Kier alpha value is -0.130. The Morgan fingerprint density at radius 2 is 1.82 bits per heavy atom. The topological polar surface area (TPSA) is 49.4 Å². The summed E-state index contributed by atoms with van der Waals surface area (Å²) in [5.41, 5.74) is 0. The predicted molar refractivity (Wildman–Crippen MR) is 69.4 cm³/mol. The van der Waals surface area contributed by atoms with Crippen molar-refractivity contribution in [1.82, 2.24) is 9.62 Å². The zero-order valence-corrected chi connectivity index (χ0v) is 11.5. The first-order chi connectivity index (χ1) is 8.13. The van der Waals surface area contributed by atoms with Gasteiger partial charge in [0.1, 0.15) is 0 Å². The highest BCUT2D eigenvalue weighted by Gasteiger charge is 2.37. The van der Waals surface area contributed by atoms with E-state index in [0.717, 1.165) is 45.2 Å². The van der Waals surface area contributed by atoms with E-state index in [9.17, 15) is 8.42 Å². The van der Waals surface area contributed by atoms with Gasteiger partial charge in [0.2, 0.25) is 10.0 Å². The molecule has 4 nitrogen and oxygen atoms in total. The zero-order valence-electron chi connectivity index (χ0n) is 10.7. The van der Waals surface area contributed by atoms with Gasteiger partial charge in [0, 0.05) is 12.6 Å². The molecule has 100 valence electrons. The van der Waals surface area contributed by atoms with Crippen LogP contribution in [0.4, 0.5) is 0 Å². The Bertz CT molecular complexity index is 332. The first kappa shape index (κ1) is 13.3. The zero-order chi connectivity index (χ0) is 12.3. The molecular formula is C12H24N2O2S. The minimum atomic E-state index is -3.02. The van der Waals surface area contributed by atoms with Crippen LogP contribution in [0.25, 0.3) is 0 Å². The third-order valence-electron chi connectivity index (χ3n) is 3.66. The summed E-state index contributed by atoms with van der Waals surface area (Å²) in [4.78, 5) is 0. The van der Waals surface area contributed by atoms with Crippen LogP contribution in [0.3, 0.4) is 0 Å². The fourth-order valence-corrected chi connectivity index (χ4v) is 4.82. The highest BCUT2D eigenvalue weighted by atomic mass is 32.2. The summed E-state index contributed by atoms with van der Waals surface area (Å²) in [5, 5.41) is 3.28. The van der Waals surface area contributed by atoms with Crippen LogP contribution in [0.2, 0.25) is 0 Å². The van der Waals surface area contributed by atoms with Crippen LogP contribution in [0.5, 0.6) is 0 Å². The molecule has 0 unspecified atom stereocenters. The van der Waals surface area contributed by atoms with Crippen LogP contribution in [0.15, 0.2) is 0 Å². The summed E-state index contributed by atoms with van der Waals surface area (Å²) in [7, 11) is -3.02. The van der Waals surface area contributed by atoms with E-state index in [1.165, 1.54) is 0 Å². The van der Waals surface area contributed by atoms with Crippen LogP contribution in [0, 0.1) is 5.92 Å². The Labute approximate surface area is 105 Å². The molecule has 1 aliphatic carbocycles. The molecule has 1 heterocycles. The fourth-order valence-electron chi connectivity index (χ4n) is 2.57. The monoisotopic (exact) mass is 260 g/mol. The van der Waals surface area contributed by atoms with Crippen LogP contribution in [0.1, 0.15) is 39.0 Å². The summed E-state index contributed by atoms with van der Waals surface area (Å²) in [6, 6.07) is 0.321. The predicted octanol–water partition coefficient (Wildman–Crippen LogP) is 1.19.